The van der Waals surface area contributed by atoms with E-state index < -0.39 is 0 Å². The lowest BCUT2D eigenvalue weighted by Gasteiger charge is -2.18. The molecule has 0 aliphatic rings. The minimum atomic E-state index is 0.106. The van der Waals surface area contributed by atoms with Crippen LogP contribution < -0.4 is 11.3 Å². The van der Waals surface area contributed by atoms with Crippen molar-refractivity contribution in [2.24, 2.45) is 5.84 Å². The Morgan fingerprint density at radius 1 is 1.32 bits per heavy atom. The van der Waals surface area contributed by atoms with E-state index in [4.69, 9.17) is 10.6 Å². The molecule has 0 fully saturated rings. The first-order valence-electron chi connectivity index (χ1n) is 6.58. The summed E-state index contributed by atoms with van der Waals surface area (Å²) in [6, 6.07) is 10.3. The minimum Gasteiger partial charge on any atom is -0.382 e. The molecule has 0 aliphatic heterocycles. The van der Waals surface area contributed by atoms with E-state index in [1.165, 1.54) is 0 Å². The van der Waals surface area contributed by atoms with Crippen LogP contribution in [0.25, 0.3) is 10.9 Å². The van der Waals surface area contributed by atoms with Crippen molar-refractivity contribution in [3.05, 3.63) is 42.1 Å². The predicted octanol–water partition coefficient (Wildman–Crippen LogP) is 2.55. The van der Waals surface area contributed by atoms with E-state index in [2.05, 4.69) is 29.5 Å². The number of nitrogens with two attached hydrogens (primary N) is 1. The van der Waals surface area contributed by atoms with Crippen molar-refractivity contribution < 1.29 is 4.74 Å². The summed E-state index contributed by atoms with van der Waals surface area (Å²) in [5, 5.41) is 1.14. The van der Waals surface area contributed by atoms with Crippen molar-refractivity contribution in [2.75, 3.05) is 7.11 Å². The molecular weight excluding hydrogens is 238 g/mol. The normalized spacial score (nSPS) is 14.5. The van der Waals surface area contributed by atoms with Gasteiger partial charge in [-0.3, -0.25) is 16.3 Å². The highest BCUT2D eigenvalue weighted by molar-refractivity contribution is 5.78. The Kier molecular flexibility index (Phi) is 4.85. The molecule has 1 aromatic carbocycles. The van der Waals surface area contributed by atoms with E-state index in [-0.39, 0.29) is 12.1 Å². The third-order valence-corrected chi connectivity index (χ3v) is 3.48. The highest BCUT2D eigenvalue weighted by Crippen LogP contribution is 2.22. The van der Waals surface area contributed by atoms with E-state index >= 15 is 0 Å². The lowest BCUT2D eigenvalue weighted by molar-refractivity contribution is 0.106. The summed E-state index contributed by atoms with van der Waals surface area (Å²) in [5.74, 6) is 5.66. The molecule has 1 aromatic heterocycles. The monoisotopic (exact) mass is 259 g/mol. The van der Waals surface area contributed by atoms with Gasteiger partial charge in [-0.05, 0) is 37.5 Å². The quantitative estimate of drug-likeness (QED) is 0.618. The van der Waals surface area contributed by atoms with Gasteiger partial charge in [-0.2, -0.15) is 0 Å². The number of nitrogens with one attached hydrogen (secondary N) is 1. The molecule has 4 heteroatoms. The second kappa shape index (κ2) is 6.61. The number of rotatable bonds is 6. The summed E-state index contributed by atoms with van der Waals surface area (Å²) in [7, 11) is 1.73. The summed E-state index contributed by atoms with van der Waals surface area (Å²) in [6.07, 6.45) is 4.01. The Balaban J connectivity index is 2.15. The zero-order chi connectivity index (χ0) is 13.7. The first-order valence-corrected chi connectivity index (χ1v) is 6.58. The number of nitrogens with zero attached hydrogens (tertiary/aromatic N) is 1. The van der Waals surface area contributed by atoms with Gasteiger partial charge in [-0.25, -0.2) is 0 Å². The van der Waals surface area contributed by atoms with E-state index in [1.807, 2.05) is 24.4 Å². The fourth-order valence-corrected chi connectivity index (χ4v) is 2.14. The molecule has 0 saturated heterocycles. The number of fused-ring (bicyclic) bond motifs is 1. The highest BCUT2D eigenvalue weighted by atomic mass is 16.5. The largest absolute Gasteiger partial charge is 0.382 e. The Labute approximate surface area is 113 Å². The average molecular weight is 259 g/mol. The molecule has 0 spiro atoms. The molecule has 0 bridgehead atoms. The van der Waals surface area contributed by atoms with Crippen LogP contribution in [0, 0.1) is 0 Å². The lowest BCUT2D eigenvalue weighted by atomic mass is 10.0. The summed E-state index contributed by atoms with van der Waals surface area (Å²) in [6.45, 7) is 2.06. The average Bonchev–Trinajstić information content (AvgIpc) is 2.47. The van der Waals surface area contributed by atoms with E-state index in [0.717, 1.165) is 29.3 Å². The molecule has 4 nitrogen and oxygen atoms in total. The molecule has 1 heterocycles. The van der Waals surface area contributed by atoms with E-state index in [1.54, 1.807) is 7.11 Å². The van der Waals surface area contributed by atoms with Gasteiger partial charge in [0.15, 0.2) is 0 Å². The zero-order valence-corrected chi connectivity index (χ0v) is 11.5. The van der Waals surface area contributed by atoms with Gasteiger partial charge in [0.1, 0.15) is 0 Å². The van der Waals surface area contributed by atoms with Gasteiger partial charge in [0.05, 0.1) is 11.6 Å². The summed E-state index contributed by atoms with van der Waals surface area (Å²) in [4.78, 5) is 4.47. The minimum absolute atomic E-state index is 0.106. The molecule has 0 aliphatic carbocycles. The van der Waals surface area contributed by atoms with Crippen LogP contribution in [0.4, 0.5) is 0 Å². The van der Waals surface area contributed by atoms with E-state index in [0.29, 0.717) is 0 Å². The van der Waals surface area contributed by atoms with Crippen LogP contribution >= 0.6 is 0 Å². The molecular formula is C15H21N3O. The molecule has 0 radical (unpaired) electrons. The van der Waals surface area contributed by atoms with Gasteiger partial charge in [-0.1, -0.05) is 18.2 Å². The highest BCUT2D eigenvalue weighted by Gasteiger charge is 2.12. The smallest absolute Gasteiger partial charge is 0.0702 e. The number of methoxy groups -OCH3 is 1. The van der Waals surface area contributed by atoms with Crippen molar-refractivity contribution >= 4 is 10.9 Å². The Morgan fingerprint density at radius 2 is 2.11 bits per heavy atom. The number of para-hydroxylation sites is 1. The first kappa shape index (κ1) is 13.9. The Hall–Kier alpha value is -1.49. The molecule has 19 heavy (non-hydrogen) atoms. The topological polar surface area (TPSA) is 60.2 Å². The van der Waals surface area contributed by atoms with Crippen LogP contribution in [0.15, 0.2) is 36.5 Å². The first-order chi connectivity index (χ1) is 9.24. The van der Waals surface area contributed by atoms with Gasteiger partial charge in [0.25, 0.3) is 0 Å². The second-order valence-corrected chi connectivity index (χ2v) is 4.80. The maximum absolute atomic E-state index is 5.66. The summed E-state index contributed by atoms with van der Waals surface area (Å²) >= 11 is 0. The number of benzene rings is 1. The van der Waals surface area contributed by atoms with Crippen LogP contribution in [0.5, 0.6) is 0 Å². The van der Waals surface area contributed by atoms with Crippen LogP contribution in [0.1, 0.15) is 31.4 Å². The number of ether oxygens (including phenoxy) is 1. The fourth-order valence-electron chi connectivity index (χ4n) is 2.14. The predicted molar refractivity (Wildman–Crippen MR) is 77.5 cm³/mol. The number of hydrazine groups is 1. The Morgan fingerprint density at radius 3 is 2.84 bits per heavy atom. The van der Waals surface area contributed by atoms with Crippen molar-refractivity contribution in [3.8, 4) is 0 Å². The molecule has 0 saturated carbocycles. The van der Waals surface area contributed by atoms with Crippen molar-refractivity contribution in [1.29, 1.82) is 0 Å². The van der Waals surface area contributed by atoms with Crippen molar-refractivity contribution in [2.45, 2.75) is 31.9 Å². The molecule has 102 valence electrons. The van der Waals surface area contributed by atoms with Crippen LogP contribution in [0.2, 0.25) is 0 Å². The maximum atomic E-state index is 5.66. The number of hydrogen-bond donors (Lipinski definition) is 2. The molecule has 2 aromatic rings. The van der Waals surface area contributed by atoms with E-state index in [9.17, 15) is 0 Å². The molecule has 2 rings (SSSR count). The molecule has 2 atom stereocenters. The van der Waals surface area contributed by atoms with Crippen LogP contribution in [0.3, 0.4) is 0 Å². The lowest BCUT2D eigenvalue weighted by Crippen LogP contribution is -2.28. The van der Waals surface area contributed by atoms with Crippen LogP contribution in [-0.4, -0.2) is 18.2 Å². The molecule has 0 amide bonds. The van der Waals surface area contributed by atoms with Crippen LogP contribution in [-0.2, 0) is 4.74 Å². The molecule has 2 unspecified atom stereocenters. The number of hydrogen-bond acceptors (Lipinski definition) is 4. The number of pyridine rings is 1. The summed E-state index contributed by atoms with van der Waals surface area (Å²) < 4.78 is 5.27. The van der Waals surface area contributed by atoms with Gasteiger partial charge in [0.2, 0.25) is 0 Å². The third-order valence-electron chi connectivity index (χ3n) is 3.48. The second-order valence-electron chi connectivity index (χ2n) is 4.80. The van der Waals surface area contributed by atoms with Crippen molar-refractivity contribution in [3.63, 3.8) is 0 Å². The Bertz CT molecular complexity index is 530. The van der Waals surface area contributed by atoms with Crippen molar-refractivity contribution in [1.82, 2.24) is 10.4 Å². The molecule has 3 N–H and O–H groups in total. The fraction of sp³-hybridized carbons (Fsp3) is 0.400. The standard InChI is InChI=1S/C15H21N3O/c1-11(19-2)7-8-15(18-16)13-9-12-5-3-4-6-14(12)17-10-13/h3-6,9-11,15,18H,7-8,16H2,1-2H3. The SMILES string of the molecule is COC(C)CCC(NN)c1cnc2ccccc2c1. The summed E-state index contributed by atoms with van der Waals surface area (Å²) in [5.41, 5.74) is 4.99. The zero-order valence-electron chi connectivity index (χ0n) is 11.5. The maximum Gasteiger partial charge on any atom is 0.0702 e. The van der Waals surface area contributed by atoms with Gasteiger partial charge >= 0.3 is 0 Å². The third kappa shape index (κ3) is 3.50. The van der Waals surface area contributed by atoms with Gasteiger partial charge in [-0.15, -0.1) is 0 Å². The van der Waals surface area contributed by atoms with Gasteiger partial charge < -0.3 is 4.74 Å². The van der Waals surface area contributed by atoms with Gasteiger partial charge in [0, 0.05) is 24.7 Å². The number of aromatic nitrogens is 1.